The van der Waals surface area contributed by atoms with Gasteiger partial charge in [-0.3, -0.25) is 9.69 Å². The lowest BCUT2D eigenvalue weighted by Gasteiger charge is -2.26. The molecular formula is C26H23F3N2O2. The first kappa shape index (κ1) is 22.5. The van der Waals surface area contributed by atoms with Gasteiger partial charge in [-0.2, -0.15) is 13.2 Å². The van der Waals surface area contributed by atoms with Crippen LogP contribution in [0.3, 0.4) is 0 Å². The molecular weight excluding hydrogens is 429 g/mol. The van der Waals surface area contributed by atoms with Gasteiger partial charge in [0.1, 0.15) is 5.75 Å². The lowest BCUT2D eigenvalue weighted by atomic mass is 10.1. The van der Waals surface area contributed by atoms with Crippen molar-refractivity contribution >= 4 is 11.6 Å². The first-order valence-electron chi connectivity index (χ1n) is 10.5. The van der Waals surface area contributed by atoms with Crippen LogP contribution in [-0.4, -0.2) is 13.0 Å². The molecule has 4 rings (SSSR count). The van der Waals surface area contributed by atoms with Crippen molar-refractivity contribution in [2.45, 2.75) is 25.2 Å². The van der Waals surface area contributed by atoms with Crippen LogP contribution < -0.4 is 15.0 Å². The highest BCUT2D eigenvalue weighted by Crippen LogP contribution is 2.38. The Labute approximate surface area is 190 Å². The Morgan fingerprint density at radius 2 is 1.67 bits per heavy atom. The van der Waals surface area contributed by atoms with E-state index in [2.05, 4.69) is 5.32 Å². The van der Waals surface area contributed by atoms with Crippen LogP contribution in [0, 0.1) is 0 Å². The summed E-state index contributed by atoms with van der Waals surface area (Å²) >= 11 is 0. The molecule has 3 aromatic rings. The number of hydrogen-bond donors (Lipinski definition) is 1. The topological polar surface area (TPSA) is 41.6 Å². The van der Waals surface area contributed by atoms with Crippen molar-refractivity contribution in [3.8, 4) is 5.75 Å². The molecule has 1 N–H and O–H groups in total. The molecule has 4 nitrogen and oxygen atoms in total. The minimum Gasteiger partial charge on any atom is -0.497 e. The van der Waals surface area contributed by atoms with Gasteiger partial charge in [0.25, 0.3) is 5.91 Å². The standard InChI is InChI=1S/C26H23F3N2O2/c1-17(18-7-4-3-5-8-18)30-23-16-24(19-9-6-10-22(15-19)33-2)31(25(23)32)21-13-11-20(12-14-21)26(27,28)29/h3-17,24,30H,1-2H3/t17-,24?/m1/s1. The summed E-state index contributed by atoms with van der Waals surface area (Å²) in [7, 11) is 1.55. The van der Waals surface area contributed by atoms with Crippen molar-refractivity contribution in [3.63, 3.8) is 0 Å². The van der Waals surface area contributed by atoms with Crippen molar-refractivity contribution in [2.24, 2.45) is 0 Å². The molecule has 1 unspecified atom stereocenters. The molecule has 1 aliphatic rings. The monoisotopic (exact) mass is 452 g/mol. The van der Waals surface area contributed by atoms with Gasteiger partial charge in [-0.15, -0.1) is 0 Å². The third kappa shape index (κ3) is 4.72. The fourth-order valence-corrected chi connectivity index (χ4v) is 3.89. The second kappa shape index (κ2) is 9.02. The maximum absolute atomic E-state index is 13.4. The average molecular weight is 452 g/mol. The van der Waals surface area contributed by atoms with Crippen LogP contribution in [0.25, 0.3) is 0 Å². The van der Waals surface area contributed by atoms with Crippen molar-refractivity contribution < 1.29 is 22.7 Å². The Morgan fingerprint density at radius 3 is 2.30 bits per heavy atom. The number of methoxy groups -OCH3 is 1. The van der Waals surface area contributed by atoms with Crippen LogP contribution in [0.15, 0.2) is 90.6 Å². The van der Waals surface area contributed by atoms with E-state index < -0.39 is 17.8 Å². The Hall–Kier alpha value is -3.74. The zero-order chi connectivity index (χ0) is 23.6. The minimum atomic E-state index is -4.45. The van der Waals surface area contributed by atoms with Gasteiger partial charge in [-0.05, 0) is 60.5 Å². The van der Waals surface area contributed by atoms with E-state index in [-0.39, 0.29) is 11.9 Å². The number of rotatable bonds is 6. The number of amides is 1. The molecule has 0 radical (unpaired) electrons. The smallest absolute Gasteiger partial charge is 0.416 e. The van der Waals surface area contributed by atoms with Crippen molar-refractivity contribution in [1.82, 2.24) is 5.32 Å². The number of alkyl halides is 3. The molecule has 0 fully saturated rings. The molecule has 1 heterocycles. The molecule has 1 amide bonds. The summed E-state index contributed by atoms with van der Waals surface area (Å²) in [5.41, 5.74) is 1.80. The Bertz CT molecular complexity index is 1160. The SMILES string of the molecule is COc1cccc(C2C=C(N[C@H](C)c3ccccc3)C(=O)N2c2ccc(C(F)(F)F)cc2)c1. The quantitative estimate of drug-likeness (QED) is 0.496. The first-order chi connectivity index (χ1) is 15.8. The Kier molecular flexibility index (Phi) is 6.14. The number of carbonyl (C=O) groups is 1. The maximum atomic E-state index is 13.4. The lowest BCUT2D eigenvalue weighted by molar-refractivity contribution is -0.137. The third-order valence-electron chi connectivity index (χ3n) is 5.63. The number of benzene rings is 3. The summed E-state index contributed by atoms with van der Waals surface area (Å²) in [4.78, 5) is 14.9. The molecule has 0 spiro atoms. The van der Waals surface area contributed by atoms with Crippen molar-refractivity contribution in [1.29, 1.82) is 0 Å². The molecule has 0 bridgehead atoms. The molecule has 0 saturated carbocycles. The van der Waals surface area contributed by atoms with Gasteiger partial charge >= 0.3 is 6.18 Å². The summed E-state index contributed by atoms with van der Waals surface area (Å²) in [6.45, 7) is 1.95. The fourth-order valence-electron chi connectivity index (χ4n) is 3.89. The molecule has 0 aromatic heterocycles. The van der Waals surface area contributed by atoms with Crippen LogP contribution in [-0.2, 0) is 11.0 Å². The highest BCUT2D eigenvalue weighted by molar-refractivity contribution is 6.08. The number of nitrogens with one attached hydrogen (secondary N) is 1. The largest absolute Gasteiger partial charge is 0.497 e. The van der Waals surface area contributed by atoms with Crippen LogP contribution >= 0.6 is 0 Å². The summed E-state index contributed by atoms with van der Waals surface area (Å²) in [5, 5.41) is 3.27. The highest BCUT2D eigenvalue weighted by Gasteiger charge is 2.36. The van der Waals surface area contributed by atoms with E-state index in [1.165, 1.54) is 17.0 Å². The number of nitrogens with zero attached hydrogens (tertiary/aromatic N) is 1. The summed E-state index contributed by atoms with van der Waals surface area (Å²) < 4.78 is 44.5. The summed E-state index contributed by atoms with van der Waals surface area (Å²) in [5.74, 6) is 0.310. The van der Waals surface area contributed by atoms with Crippen LogP contribution in [0.1, 0.15) is 35.7 Å². The first-order valence-corrected chi connectivity index (χ1v) is 10.5. The molecule has 2 atom stereocenters. The number of halogens is 3. The zero-order valence-electron chi connectivity index (χ0n) is 18.1. The van der Waals surface area contributed by atoms with Gasteiger partial charge in [0.15, 0.2) is 0 Å². The van der Waals surface area contributed by atoms with E-state index in [1.807, 2.05) is 55.5 Å². The van der Waals surface area contributed by atoms with E-state index in [0.29, 0.717) is 17.1 Å². The number of carbonyl (C=O) groups excluding carboxylic acids is 1. The lowest BCUT2D eigenvalue weighted by Crippen LogP contribution is -2.33. The minimum absolute atomic E-state index is 0.139. The number of hydrogen-bond acceptors (Lipinski definition) is 3. The average Bonchev–Trinajstić information content (AvgIpc) is 3.15. The Morgan fingerprint density at radius 1 is 0.970 bits per heavy atom. The van der Waals surface area contributed by atoms with Gasteiger partial charge in [-0.1, -0.05) is 42.5 Å². The van der Waals surface area contributed by atoms with Crippen LogP contribution in [0.5, 0.6) is 5.75 Å². The molecule has 3 aromatic carbocycles. The van der Waals surface area contributed by atoms with E-state index in [0.717, 1.165) is 23.3 Å². The fraction of sp³-hybridized carbons (Fsp3) is 0.192. The van der Waals surface area contributed by atoms with Gasteiger partial charge in [0, 0.05) is 11.7 Å². The molecule has 0 aliphatic carbocycles. The van der Waals surface area contributed by atoms with E-state index in [4.69, 9.17) is 4.74 Å². The second-order valence-corrected chi connectivity index (χ2v) is 7.80. The number of ether oxygens (including phenoxy) is 1. The zero-order valence-corrected chi connectivity index (χ0v) is 18.1. The number of anilines is 1. The van der Waals surface area contributed by atoms with Gasteiger partial charge in [-0.25, -0.2) is 0 Å². The van der Waals surface area contributed by atoms with Gasteiger partial charge in [0.2, 0.25) is 0 Å². The molecule has 7 heteroatoms. The molecule has 0 saturated heterocycles. The summed E-state index contributed by atoms with van der Waals surface area (Å²) in [6.07, 6.45) is -2.65. The van der Waals surface area contributed by atoms with Crippen molar-refractivity contribution in [3.05, 3.63) is 107 Å². The van der Waals surface area contributed by atoms with Gasteiger partial charge < -0.3 is 10.1 Å². The maximum Gasteiger partial charge on any atom is 0.416 e. The molecule has 1 aliphatic heterocycles. The molecule has 170 valence electrons. The predicted molar refractivity (Wildman–Crippen MR) is 121 cm³/mol. The predicted octanol–water partition coefficient (Wildman–Crippen LogP) is 6.04. The van der Waals surface area contributed by atoms with Crippen LogP contribution in [0.2, 0.25) is 0 Å². The van der Waals surface area contributed by atoms with E-state index >= 15 is 0 Å². The third-order valence-corrected chi connectivity index (χ3v) is 5.63. The van der Waals surface area contributed by atoms with Crippen molar-refractivity contribution in [2.75, 3.05) is 12.0 Å². The Balaban J connectivity index is 1.70. The summed E-state index contributed by atoms with van der Waals surface area (Å²) in [6, 6.07) is 21.0. The normalized spacial score (nSPS) is 17.0. The van der Waals surface area contributed by atoms with Gasteiger partial charge in [0.05, 0.1) is 24.4 Å². The second-order valence-electron chi connectivity index (χ2n) is 7.80. The van der Waals surface area contributed by atoms with E-state index in [9.17, 15) is 18.0 Å². The van der Waals surface area contributed by atoms with Crippen LogP contribution in [0.4, 0.5) is 18.9 Å². The molecule has 33 heavy (non-hydrogen) atoms. The van der Waals surface area contributed by atoms with E-state index in [1.54, 1.807) is 19.3 Å². The highest BCUT2D eigenvalue weighted by atomic mass is 19.4.